The highest BCUT2D eigenvalue weighted by Gasteiger charge is 2.19. The molecule has 1 atom stereocenters. The molecule has 0 aromatic rings. The van der Waals surface area contributed by atoms with Gasteiger partial charge in [-0.3, -0.25) is 0 Å². The lowest BCUT2D eigenvalue weighted by molar-refractivity contribution is 0.362. The van der Waals surface area contributed by atoms with Gasteiger partial charge in [0.1, 0.15) is 0 Å². The highest BCUT2D eigenvalue weighted by molar-refractivity contribution is 7.89. The maximum absolute atomic E-state index is 11.5. The Hall–Kier alpha value is -0.0900. The number of nitrogens with zero attached hydrogens (tertiary/aromatic N) is 1. The van der Waals surface area contributed by atoms with E-state index in [-0.39, 0.29) is 5.75 Å². The lowest BCUT2D eigenvalue weighted by atomic mass is 10.1. The van der Waals surface area contributed by atoms with E-state index >= 15 is 0 Å². The van der Waals surface area contributed by atoms with Crippen LogP contribution in [-0.4, -0.2) is 31.6 Å². The van der Waals surface area contributed by atoms with Crippen molar-refractivity contribution >= 4 is 10.0 Å². The molecule has 0 rings (SSSR count). The van der Waals surface area contributed by atoms with Crippen LogP contribution >= 0.6 is 0 Å². The Bertz CT molecular complexity index is 224. The van der Waals surface area contributed by atoms with Gasteiger partial charge in [0.2, 0.25) is 10.0 Å². The van der Waals surface area contributed by atoms with Crippen molar-refractivity contribution in [1.29, 1.82) is 0 Å². The smallest absolute Gasteiger partial charge is 0.212 e. The van der Waals surface area contributed by atoms with Gasteiger partial charge in [-0.15, -0.1) is 0 Å². The molecule has 0 spiro atoms. The van der Waals surface area contributed by atoms with Gasteiger partial charge in [0.15, 0.2) is 0 Å². The van der Waals surface area contributed by atoms with Crippen molar-refractivity contribution in [1.82, 2.24) is 4.31 Å². The van der Waals surface area contributed by atoms with Gasteiger partial charge >= 0.3 is 0 Å². The average Bonchev–Trinajstić information content (AvgIpc) is 2.13. The van der Waals surface area contributed by atoms with Gasteiger partial charge in [0.05, 0.1) is 5.75 Å². The number of sulfonamides is 1. The molecular weight excluding hydrogens is 186 g/mol. The zero-order valence-corrected chi connectivity index (χ0v) is 9.89. The monoisotopic (exact) mass is 207 g/mol. The molecule has 0 aliphatic heterocycles. The largest absolute Gasteiger partial charge is 0.213 e. The summed E-state index contributed by atoms with van der Waals surface area (Å²) in [6.07, 6.45) is 1.02. The molecule has 0 aliphatic rings. The average molecular weight is 207 g/mol. The van der Waals surface area contributed by atoms with E-state index in [1.54, 1.807) is 11.2 Å². The fourth-order valence-corrected chi connectivity index (χ4v) is 2.34. The van der Waals surface area contributed by atoms with Crippen LogP contribution in [0.5, 0.6) is 0 Å². The molecule has 0 aliphatic carbocycles. The third-order valence-corrected chi connectivity index (χ3v) is 4.25. The SMILES string of the molecule is CCC(C)CN(CC)S(=O)(=O)CC. The topological polar surface area (TPSA) is 37.4 Å². The fourth-order valence-electron chi connectivity index (χ4n) is 1.10. The Morgan fingerprint density at radius 1 is 1.23 bits per heavy atom. The quantitative estimate of drug-likeness (QED) is 0.665. The molecule has 13 heavy (non-hydrogen) atoms. The summed E-state index contributed by atoms with van der Waals surface area (Å²) in [4.78, 5) is 0. The normalized spacial score (nSPS) is 14.8. The molecule has 0 saturated carbocycles. The van der Waals surface area contributed by atoms with Crippen LogP contribution in [0.25, 0.3) is 0 Å². The minimum absolute atomic E-state index is 0.206. The van der Waals surface area contributed by atoms with Gasteiger partial charge in [-0.1, -0.05) is 27.2 Å². The highest BCUT2D eigenvalue weighted by atomic mass is 32.2. The fraction of sp³-hybridized carbons (Fsp3) is 1.00. The maximum atomic E-state index is 11.5. The van der Waals surface area contributed by atoms with Gasteiger partial charge in [-0.05, 0) is 12.8 Å². The lowest BCUT2D eigenvalue weighted by Gasteiger charge is -2.22. The van der Waals surface area contributed by atoms with Gasteiger partial charge in [0, 0.05) is 13.1 Å². The van der Waals surface area contributed by atoms with Crippen molar-refractivity contribution in [3.05, 3.63) is 0 Å². The van der Waals surface area contributed by atoms with Gasteiger partial charge in [0.25, 0.3) is 0 Å². The molecule has 0 aromatic carbocycles. The van der Waals surface area contributed by atoms with Crippen molar-refractivity contribution < 1.29 is 8.42 Å². The molecule has 0 bridgehead atoms. The summed E-state index contributed by atoms with van der Waals surface area (Å²) in [7, 11) is -2.98. The second kappa shape index (κ2) is 5.60. The second-order valence-corrected chi connectivity index (χ2v) is 5.62. The molecule has 0 N–H and O–H groups in total. The molecule has 80 valence electrons. The Morgan fingerprint density at radius 2 is 1.77 bits per heavy atom. The van der Waals surface area contributed by atoms with Crippen LogP contribution in [0.4, 0.5) is 0 Å². The molecule has 0 saturated heterocycles. The van der Waals surface area contributed by atoms with E-state index < -0.39 is 10.0 Å². The molecule has 0 radical (unpaired) electrons. The summed E-state index contributed by atoms with van der Waals surface area (Å²) in [5.74, 6) is 0.651. The second-order valence-electron chi connectivity index (χ2n) is 3.36. The van der Waals surface area contributed by atoms with Crippen molar-refractivity contribution in [3.8, 4) is 0 Å². The summed E-state index contributed by atoms with van der Waals surface area (Å²) in [5.41, 5.74) is 0. The first-order chi connectivity index (χ1) is 5.97. The summed E-state index contributed by atoms with van der Waals surface area (Å²) < 4.78 is 24.6. The molecular formula is C9H21NO2S. The third-order valence-electron chi connectivity index (χ3n) is 2.32. The van der Waals surface area contributed by atoms with Gasteiger partial charge in [-0.2, -0.15) is 0 Å². The van der Waals surface area contributed by atoms with Crippen LogP contribution in [0.1, 0.15) is 34.1 Å². The zero-order chi connectivity index (χ0) is 10.5. The number of rotatable bonds is 6. The van der Waals surface area contributed by atoms with Crippen molar-refractivity contribution in [2.75, 3.05) is 18.8 Å². The third kappa shape index (κ3) is 4.09. The first-order valence-corrected chi connectivity index (χ1v) is 6.56. The predicted molar refractivity (Wildman–Crippen MR) is 56.2 cm³/mol. The predicted octanol–water partition coefficient (Wildman–Crippen LogP) is 1.70. The van der Waals surface area contributed by atoms with Crippen LogP contribution in [0.15, 0.2) is 0 Å². The summed E-state index contributed by atoms with van der Waals surface area (Å²) in [6, 6.07) is 0. The van der Waals surface area contributed by atoms with E-state index in [1.807, 2.05) is 6.92 Å². The Kier molecular flexibility index (Phi) is 5.56. The first-order valence-electron chi connectivity index (χ1n) is 4.95. The van der Waals surface area contributed by atoms with Crippen LogP contribution in [0.2, 0.25) is 0 Å². The van der Waals surface area contributed by atoms with Crippen molar-refractivity contribution in [2.24, 2.45) is 5.92 Å². The highest BCUT2D eigenvalue weighted by Crippen LogP contribution is 2.08. The van der Waals surface area contributed by atoms with Crippen LogP contribution in [0.3, 0.4) is 0 Å². The van der Waals surface area contributed by atoms with E-state index in [0.29, 0.717) is 19.0 Å². The Labute approximate surface area is 82.2 Å². The Balaban J connectivity index is 4.35. The standard InChI is InChI=1S/C9H21NO2S/c1-5-9(4)8-10(6-2)13(11,12)7-3/h9H,5-8H2,1-4H3. The van der Waals surface area contributed by atoms with E-state index in [0.717, 1.165) is 6.42 Å². The van der Waals surface area contributed by atoms with E-state index in [4.69, 9.17) is 0 Å². The lowest BCUT2D eigenvalue weighted by Crippen LogP contribution is -2.35. The molecule has 3 nitrogen and oxygen atoms in total. The molecule has 0 heterocycles. The van der Waals surface area contributed by atoms with Gasteiger partial charge in [-0.25, -0.2) is 12.7 Å². The number of hydrogen-bond acceptors (Lipinski definition) is 2. The zero-order valence-electron chi connectivity index (χ0n) is 9.08. The van der Waals surface area contributed by atoms with Crippen LogP contribution in [0, 0.1) is 5.92 Å². The summed E-state index contributed by atoms with van der Waals surface area (Å²) in [6.45, 7) is 8.97. The molecule has 0 amide bonds. The van der Waals surface area contributed by atoms with Crippen molar-refractivity contribution in [3.63, 3.8) is 0 Å². The summed E-state index contributed by atoms with van der Waals surface area (Å²) in [5, 5.41) is 0. The molecule has 0 aromatic heterocycles. The Morgan fingerprint density at radius 3 is 2.08 bits per heavy atom. The summed E-state index contributed by atoms with van der Waals surface area (Å²) >= 11 is 0. The van der Waals surface area contributed by atoms with Crippen LogP contribution in [-0.2, 0) is 10.0 Å². The molecule has 0 fully saturated rings. The first kappa shape index (κ1) is 12.9. The molecule has 1 unspecified atom stereocenters. The van der Waals surface area contributed by atoms with E-state index in [9.17, 15) is 8.42 Å². The van der Waals surface area contributed by atoms with E-state index in [1.165, 1.54) is 0 Å². The molecule has 4 heteroatoms. The minimum atomic E-state index is -2.98. The minimum Gasteiger partial charge on any atom is -0.212 e. The maximum Gasteiger partial charge on any atom is 0.213 e. The van der Waals surface area contributed by atoms with Crippen molar-refractivity contribution in [2.45, 2.75) is 34.1 Å². The number of hydrogen-bond donors (Lipinski definition) is 0. The van der Waals surface area contributed by atoms with E-state index in [2.05, 4.69) is 13.8 Å². The van der Waals surface area contributed by atoms with Gasteiger partial charge < -0.3 is 0 Å². The van der Waals surface area contributed by atoms with Crippen LogP contribution < -0.4 is 0 Å².